The van der Waals surface area contributed by atoms with Crippen LogP contribution in [0, 0.1) is 10.1 Å². The van der Waals surface area contributed by atoms with Gasteiger partial charge in [-0.3, -0.25) is 10.1 Å². The number of rotatable bonds is 3. The Morgan fingerprint density at radius 3 is 2.85 bits per heavy atom. The monoisotopic (exact) mass is 186 g/mol. The summed E-state index contributed by atoms with van der Waals surface area (Å²) in [6.45, 7) is -1.03. The van der Waals surface area contributed by atoms with Gasteiger partial charge in [-0.1, -0.05) is 0 Å². The molecule has 0 aromatic heterocycles. The van der Waals surface area contributed by atoms with Crippen LogP contribution in [0.15, 0.2) is 18.2 Å². The first-order valence-electron chi connectivity index (χ1n) is 3.38. The Balaban J connectivity index is 3.04. The molecule has 0 saturated carbocycles. The summed E-state index contributed by atoms with van der Waals surface area (Å²) < 4.78 is 16.1. The van der Waals surface area contributed by atoms with E-state index in [0.717, 1.165) is 6.07 Å². The highest BCUT2D eigenvalue weighted by molar-refractivity contribution is 5.60. The Morgan fingerprint density at radius 2 is 2.31 bits per heavy atom. The first-order chi connectivity index (χ1) is 6.15. The molecular formula is C7H7FN2O3. The number of hydrogen-bond acceptors (Lipinski definition) is 4. The summed E-state index contributed by atoms with van der Waals surface area (Å²) in [4.78, 5) is 9.70. The SMILES string of the molecule is Nc1ccc(OCF)cc1[N+](=O)[O-]. The van der Waals surface area contributed by atoms with Gasteiger partial charge < -0.3 is 10.5 Å². The van der Waals surface area contributed by atoms with Crippen LogP contribution in [-0.2, 0) is 0 Å². The lowest BCUT2D eigenvalue weighted by atomic mass is 10.2. The third-order valence-electron chi connectivity index (χ3n) is 1.42. The van der Waals surface area contributed by atoms with Crippen LogP contribution in [0.2, 0.25) is 0 Å². The number of halogens is 1. The van der Waals surface area contributed by atoms with E-state index in [1.807, 2.05) is 0 Å². The lowest BCUT2D eigenvalue weighted by molar-refractivity contribution is -0.384. The van der Waals surface area contributed by atoms with Crippen molar-refractivity contribution in [2.75, 3.05) is 12.6 Å². The minimum absolute atomic E-state index is 0.0243. The van der Waals surface area contributed by atoms with E-state index in [2.05, 4.69) is 4.74 Å². The Morgan fingerprint density at radius 1 is 1.62 bits per heavy atom. The van der Waals surface area contributed by atoms with Gasteiger partial charge in [0.2, 0.25) is 6.86 Å². The zero-order valence-corrected chi connectivity index (χ0v) is 6.57. The average molecular weight is 186 g/mol. The summed E-state index contributed by atoms with van der Waals surface area (Å²) in [5, 5.41) is 10.4. The fourth-order valence-electron chi connectivity index (χ4n) is 0.834. The van der Waals surface area contributed by atoms with Crippen molar-refractivity contribution in [1.82, 2.24) is 0 Å². The maximum absolute atomic E-state index is 11.7. The van der Waals surface area contributed by atoms with Gasteiger partial charge in [0, 0.05) is 0 Å². The molecule has 70 valence electrons. The first-order valence-corrected chi connectivity index (χ1v) is 3.38. The van der Waals surface area contributed by atoms with Crippen LogP contribution in [0.4, 0.5) is 15.8 Å². The number of anilines is 1. The highest BCUT2D eigenvalue weighted by Crippen LogP contribution is 2.26. The second-order valence-electron chi connectivity index (χ2n) is 2.23. The van der Waals surface area contributed by atoms with E-state index in [1.54, 1.807) is 0 Å². The molecule has 0 bridgehead atoms. The van der Waals surface area contributed by atoms with Gasteiger partial charge in [-0.05, 0) is 12.1 Å². The zero-order valence-electron chi connectivity index (χ0n) is 6.57. The van der Waals surface area contributed by atoms with Crippen LogP contribution in [0.1, 0.15) is 0 Å². The summed E-state index contributed by atoms with van der Waals surface area (Å²) in [7, 11) is 0. The summed E-state index contributed by atoms with van der Waals surface area (Å²) in [6.07, 6.45) is 0. The number of hydrogen-bond donors (Lipinski definition) is 1. The molecule has 13 heavy (non-hydrogen) atoms. The topological polar surface area (TPSA) is 78.4 Å². The van der Waals surface area contributed by atoms with E-state index in [9.17, 15) is 14.5 Å². The van der Waals surface area contributed by atoms with Crippen LogP contribution in [-0.4, -0.2) is 11.8 Å². The second kappa shape index (κ2) is 3.70. The van der Waals surface area contributed by atoms with Crippen molar-refractivity contribution in [3.63, 3.8) is 0 Å². The lowest BCUT2D eigenvalue weighted by Gasteiger charge is -2.01. The molecule has 1 rings (SSSR count). The van der Waals surface area contributed by atoms with E-state index >= 15 is 0 Å². The molecule has 0 aliphatic heterocycles. The highest BCUT2D eigenvalue weighted by Gasteiger charge is 2.12. The molecule has 0 fully saturated rings. The van der Waals surface area contributed by atoms with Crippen LogP contribution in [0.3, 0.4) is 0 Å². The third-order valence-corrected chi connectivity index (χ3v) is 1.42. The van der Waals surface area contributed by atoms with Crippen molar-refractivity contribution < 1.29 is 14.1 Å². The molecule has 0 unspecified atom stereocenters. The molecule has 6 heteroatoms. The molecule has 1 aromatic carbocycles. The van der Waals surface area contributed by atoms with E-state index < -0.39 is 11.8 Å². The second-order valence-corrected chi connectivity index (χ2v) is 2.23. The highest BCUT2D eigenvalue weighted by atomic mass is 19.1. The fourth-order valence-corrected chi connectivity index (χ4v) is 0.834. The van der Waals surface area contributed by atoms with Crippen LogP contribution < -0.4 is 10.5 Å². The Labute approximate surface area is 73.1 Å². The van der Waals surface area contributed by atoms with Crippen molar-refractivity contribution in [2.45, 2.75) is 0 Å². The van der Waals surface area contributed by atoms with Crippen molar-refractivity contribution in [2.24, 2.45) is 0 Å². The molecule has 5 nitrogen and oxygen atoms in total. The molecule has 2 N–H and O–H groups in total. The first kappa shape index (κ1) is 9.24. The van der Waals surface area contributed by atoms with E-state index in [1.165, 1.54) is 12.1 Å². The predicted octanol–water partition coefficient (Wildman–Crippen LogP) is 1.48. The molecule has 0 aliphatic carbocycles. The number of ether oxygens (including phenoxy) is 1. The van der Waals surface area contributed by atoms with Gasteiger partial charge in [0.25, 0.3) is 5.69 Å². The smallest absolute Gasteiger partial charge is 0.295 e. The average Bonchev–Trinajstić information content (AvgIpc) is 2.08. The minimum atomic E-state index is -1.03. The number of nitro groups is 1. The number of nitrogen functional groups attached to an aromatic ring is 1. The zero-order chi connectivity index (χ0) is 9.84. The Bertz CT molecular complexity index is 330. The van der Waals surface area contributed by atoms with E-state index in [4.69, 9.17) is 5.73 Å². The molecular weight excluding hydrogens is 179 g/mol. The predicted molar refractivity (Wildman–Crippen MR) is 44.1 cm³/mol. The largest absolute Gasteiger partial charge is 0.463 e. The van der Waals surface area contributed by atoms with Crippen LogP contribution in [0.5, 0.6) is 5.75 Å². The molecule has 1 aromatic rings. The van der Waals surface area contributed by atoms with Crippen molar-refractivity contribution in [3.8, 4) is 5.75 Å². The van der Waals surface area contributed by atoms with Gasteiger partial charge >= 0.3 is 0 Å². The van der Waals surface area contributed by atoms with Gasteiger partial charge in [-0.2, -0.15) is 0 Å². The number of nitrogens with zero attached hydrogens (tertiary/aromatic N) is 1. The van der Waals surface area contributed by atoms with Crippen molar-refractivity contribution >= 4 is 11.4 Å². The number of alkyl halides is 1. The van der Waals surface area contributed by atoms with Gasteiger partial charge in [0.15, 0.2) is 0 Å². The van der Waals surface area contributed by atoms with Crippen LogP contribution in [0.25, 0.3) is 0 Å². The standard InChI is InChI=1S/C7H7FN2O3/c8-4-13-5-1-2-6(9)7(3-5)10(11)12/h1-3H,4,9H2. The fraction of sp³-hybridized carbons (Fsp3) is 0.143. The maximum atomic E-state index is 11.7. The van der Waals surface area contributed by atoms with Gasteiger partial charge in [0.1, 0.15) is 11.4 Å². The van der Waals surface area contributed by atoms with Crippen molar-refractivity contribution in [3.05, 3.63) is 28.3 Å². The molecule has 0 radical (unpaired) electrons. The number of benzene rings is 1. The van der Waals surface area contributed by atoms with Crippen LogP contribution >= 0.6 is 0 Å². The number of nitro benzene ring substituents is 1. The Kier molecular flexibility index (Phi) is 2.63. The summed E-state index contributed by atoms with van der Waals surface area (Å²) in [5.41, 5.74) is 5.03. The normalized spacial score (nSPS) is 9.62. The Hall–Kier alpha value is -1.85. The molecule has 0 amide bonds. The van der Waals surface area contributed by atoms with Gasteiger partial charge in [0.05, 0.1) is 11.0 Å². The quantitative estimate of drug-likeness (QED) is 0.440. The minimum Gasteiger partial charge on any atom is -0.463 e. The summed E-state index contributed by atoms with van der Waals surface area (Å²) >= 11 is 0. The molecule has 0 heterocycles. The maximum Gasteiger partial charge on any atom is 0.295 e. The third kappa shape index (κ3) is 2.05. The van der Waals surface area contributed by atoms with E-state index in [0.29, 0.717) is 0 Å². The van der Waals surface area contributed by atoms with Gasteiger partial charge in [-0.15, -0.1) is 0 Å². The molecule has 0 aliphatic rings. The molecule has 0 spiro atoms. The molecule has 0 atom stereocenters. The summed E-state index contributed by atoms with van der Waals surface area (Å²) in [6, 6.07) is 3.74. The number of nitrogens with two attached hydrogens (primary N) is 1. The van der Waals surface area contributed by atoms with E-state index in [-0.39, 0.29) is 17.1 Å². The van der Waals surface area contributed by atoms with Crippen molar-refractivity contribution in [1.29, 1.82) is 0 Å². The molecule has 0 saturated heterocycles. The lowest BCUT2D eigenvalue weighted by Crippen LogP contribution is -1.97. The summed E-state index contributed by atoms with van der Waals surface area (Å²) in [5.74, 6) is 0.0865. The van der Waals surface area contributed by atoms with Gasteiger partial charge in [-0.25, -0.2) is 4.39 Å².